The SMILES string of the molecule is CC(C)c1cc(Cl)ccc1OCC[C@@H]1CCCNC1. The molecule has 2 rings (SSSR count). The maximum Gasteiger partial charge on any atom is 0.122 e. The fourth-order valence-corrected chi connectivity index (χ4v) is 2.79. The molecule has 0 bridgehead atoms. The van der Waals surface area contributed by atoms with Crippen LogP contribution in [0.4, 0.5) is 0 Å². The van der Waals surface area contributed by atoms with Gasteiger partial charge in [-0.25, -0.2) is 0 Å². The summed E-state index contributed by atoms with van der Waals surface area (Å²) in [6.07, 6.45) is 3.75. The summed E-state index contributed by atoms with van der Waals surface area (Å²) in [7, 11) is 0. The Hall–Kier alpha value is -0.730. The van der Waals surface area contributed by atoms with Gasteiger partial charge in [-0.05, 0) is 68.0 Å². The van der Waals surface area contributed by atoms with Crippen LogP contribution in [0.2, 0.25) is 5.02 Å². The molecule has 1 heterocycles. The largest absolute Gasteiger partial charge is 0.493 e. The van der Waals surface area contributed by atoms with Crippen LogP contribution >= 0.6 is 11.6 Å². The van der Waals surface area contributed by atoms with Crippen molar-refractivity contribution in [1.29, 1.82) is 0 Å². The quantitative estimate of drug-likeness (QED) is 0.872. The molecular weight excluding hydrogens is 258 g/mol. The van der Waals surface area contributed by atoms with Gasteiger partial charge >= 0.3 is 0 Å². The van der Waals surface area contributed by atoms with E-state index in [1.807, 2.05) is 18.2 Å². The predicted octanol–water partition coefficient (Wildman–Crippen LogP) is 4.23. The maximum absolute atomic E-state index is 6.05. The van der Waals surface area contributed by atoms with Crippen molar-refractivity contribution in [2.75, 3.05) is 19.7 Å². The van der Waals surface area contributed by atoms with Gasteiger partial charge in [0.05, 0.1) is 6.61 Å². The van der Waals surface area contributed by atoms with Gasteiger partial charge in [0.15, 0.2) is 0 Å². The maximum atomic E-state index is 6.05. The summed E-state index contributed by atoms with van der Waals surface area (Å²) in [6.45, 7) is 7.45. The summed E-state index contributed by atoms with van der Waals surface area (Å²) in [5.74, 6) is 2.19. The highest BCUT2D eigenvalue weighted by atomic mass is 35.5. The molecule has 1 fully saturated rings. The molecule has 0 saturated carbocycles. The van der Waals surface area contributed by atoms with E-state index >= 15 is 0 Å². The number of benzene rings is 1. The summed E-state index contributed by atoms with van der Waals surface area (Å²) in [5.41, 5.74) is 1.20. The van der Waals surface area contributed by atoms with E-state index in [1.54, 1.807) is 0 Å². The molecule has 19 heavy (non-hydrogen) atoms. The van der Waals surface area contributed by atoms with Gasteiger partial charge in [-0.1, -0.05) is 25.4 Å². The van der Waals surface area contributed by atoms with Crippen LogP contribution in [0.1, 0.15) is 44.6 Å². The Morgan fingerprint density at radius 1 is 1.42 bits per heavy atom. The molecule has 2 nitrogen and oxygen atoms in total. The predicted molar refractivity (Wildman–Crippen MR) is 81.2 cm³/mol. The third-order valence-electron chi connectivity index (χ3n) is 3.78. The van der Waals surface area contributed by atoms with E-state index in [1.165, 1.54) is 24.9 Å². The first-order valence-electron chi connectivity index (χ1n) is 7.30. The molecule has 1 atom stereocenters. The Balaban J connectivity index is 1.88. The van der Waals surface area contributed by atoms with Crippen LogP contribution in [0.25, 0.3) is 0 Å². The first-order chi connectivity index (χ1) is 9.16. The van der Waals surface area contributed by atoms with Gasteiger partial charge < -0.3 is 10.1 Å². The van der Waals surface area contributed by atoms with E-state index in [4.69, 9.17) is 16.3 Å². The van der Waals surface area contributed by atoms with E-state index in [0.717, 1.165) is 36.3 Å². The first kappa shape index (κ1) is 14.7. The minimum Gasteiger partial charge on any atom is -0.493 e. The molecule has 0 radical (unpaired) electrons. The van der Waals surface area contributed by atoms with Gasteiger partial charge in [0, 0.05) is 5.02 Å². The molecule has 0 unspecified atom stereocenters. The first-order valence-corrected chi connectivity index (χ1v) is 7.67. The van der Waals surface area contributed by atoms with Gasteiger partial charge in [0.2, 0.25) is 0 Å². The second kappa shape index (κ2) is 7.16. The molecule has 0 spiro atoms. The molecule has 1 aliphatic heterocycles. The van der Waals surface area contributed by atoms with Crippen molar-refractivity contribution in [3.05, 3.63) is 28.8 Å². The zero-order chi connectivity index (χ0) is 13.7. The average Bonchev–Trinajstić information content (AvgIpc) is 2.41. The molecule has 1 aromatic carbocycles. The Morgan fingerprint density at radius 2 is 2.26 bits per heavy atom. The molecular formula is C16H24ClNO. The fraction of sp³-hybridized carbons (Fsp3) is 0.625. The van der Waals surface area contributed by atoms with Crippen LogP contribution in [0, 0.1) is 5.92 Å². The van der Waals surface area contributed by atoms with Crippen LogP contribution in [0.3, 0.4) is 0 Å². The average molecular weight is 282 g/mol. The number of nitrogens with one attached hydrogen (secondary N) is 1. The Kier molecular flexibility index (Phi) is 5.53. The number of halogens is 1. The third-order valence-corrected chi connectivity index (χ3v) is 4.01. The molecule has 0 aromatic heterocycles. The molecule has 3 heteroatoms. The summed E-state index contributed by atoms with van der Waals surface area (Å²) < 4.78 is 5.97. The van der Waals surface area contributed by atoms with E-state index < -0.39 is 0 Å². The van der Waals surface area contributed by atoms with Crippen molar-refractivity contribution in [1.82, 2.24) is 5.32 Å². The normalized spacial score (nSPS) is 19.7. The zero-order valence-corrected chi connectivity index (χ0v) is 12.7. The van der Waals surface area contributed by atoms with E-state index in [0.29, 0.717) is 5.92 Å². The number of hydrogen-bond donors (Lipinski definition) is 1. The van der Waals surface area contributed by atoms with Crippen LogP contribution < -0.4 is 10.1 Å². The van der Waals surface area contributed by atoms with Crippen LogP contribution in [-0.2, 0) is 0 Å². The number of ether oxygens (including phenoxy) is 1. The van der Waals surface area contributed by atoms with Crippen molar-refractivity contribution in [2.45, 2.75) is 39.0 Å². The summed E-state index contributed by atoms with van der Waals surface area (Å²) >= 11 is 6.05. The Labute approximate surface area is 121 Å². The van der Waals surface area contributed by atoms with Crippen LogP contribution in [-0.4, -0.2) is 19.7 Å². The standard InChI is InChI=1S/C16H24ClNO/c1-12(2)15-10-14(17)5-6-16(15)19-9-7-13-4-3-8-18-11-13/h5-6,10,12-13,18H,3-4,7-9,11H2,1-2H3/t13-/m0/s1. The highest BCUT2D eigenvalue weighted by Crippen LogP contribution is 2.29. The number of piperidine rings is 1. The van der Waals surface area contributed by atoms with Crippen molar-refractivity contribution in [3.8, 4) is 5.75 Å². The summed E-state index contributed by atoms with van der Waals surface area (Å²) in [6, 6.07) is 5.92. The number of rotatable bonds is 5. The van der Waals surface area contributed by atoms with Crippen molar-refractivity contribution < 1.29 is 4.74 Å². The fourth-order valence-electron chi connectivity index (χ4n) is 2.61. The third kappa shape index (κ3) is 4.39. The second-order valence-corrected chi connectivity index (χ2v) is 6.12. The number of hydrogen-bond acceptors (Lipinski definition) is 2. The van der Waals surface area contributed by atoms with Crippen LogP contribution in [0.5, 0.6) is 5.75 Å². The minimum atomic E-state index is 0.435. The minimum absolute atomic E-state index is 0.435. The lowest BCUT2D eigenvalue weighted by Crippen LogP contribution is -2.30. The monoisotopic (exact) mass is 281 g/mol. The smallest absolute Gasteiger partial charge is 0.122 e. The topological polar surface area (TPSA) is 21.3 Å². The van der Waals surface area contributed by atoms with Crippen molar-refractivity contribution >= 4 is 11.6 Å². The molecule has 1 N–H and O–H groups in total. The molecule has 106 valence electrons. The highest BCUT2D eigenvalue weighted by molar-refractivity contribution is 6.30. The van der Waals surface area contributed by atoms with E-state index in [-0.39, 0.29) is 0 Å². The molecule has 1 aromatic rings. The molecule has 0 aliphatic carbocycles. The van der Waals surface area contributed by atoms with E-state index in [2.05, 4.69) is 19.2 Å². The lowest BCUT2D eigenvalue weighted by atomic mass is 9.97. The molecule has 1 saturated heterocycles. The lowest BCUT2D eigenvalue weighted by Gasteiger charge is -2.23. The molecule has 1 aliphatic rings. The zero-order valence-electron chi connectivity index (χ0n) is 11.9. The van der Waals surface area contributed by atoms with Gasteiger partial charge in [0.25, 0.3) is 0 Å². The van der Waals surface area contributed by atoms with Gasteiger partial charge in [-0.2, -0.15) is 0 Å². The Bertz CT molecular complexity index is 400. The summed E-state index contributed by atoms with van der Waals surface area (Å²) in [5, 5.41) is 4.23. The lowest BCUT2D eigenvalue weighted by molar-refractivity contribution is 0.252. The van der Waals surface area contributed by atoms with E-state index in [9.17, 15) is 0 Å². The summed E-state index contributed by atoms with van der Waals surface area (Å²) in [4.78, 5) is 0. The van der Waals surface area contributed by atoms with Crippen molar-refractivity contribution in [2.24, 2.45) is 5.92 Å². The Morgan fingerprint density at radius 3 is 2.95 bits per heavy atom. The molecule has 0 amide bonds. The second-order valence-electron chi connectivity index (χ2n) is 5.69. The van der Waals surface area contributed by atoms with Gasteiger partial charge in [-0.15, -0.1) is 0 Å². The highest BCUT2D eigenvalue weighted by Gasteiger charge is 2.14. The van der Waals surface area contributed by atoms with Gasteiger partial charge in [0.1, 0.15) is 5.75 Å². The van der Waals surface area contributed by atoms with Gasteiger partial charge in [-0.3, -0.25) is 0 Å². The van der Waals surface area contributed by atoms with Crippen LogP contribution in [0.15, 0.2) is 18.2 Å². The van der Waals surface area contributed by atoms with Crippen molar-refractivity contribution in [3.63, 3.8) is 0 Å².